The second-order valence-corrected chi connectivity index (χ2v) is 9.27. The van der Waals surface area contributed by atoms with E-state index in [-0.39, 0.29) is 23.9 Å². The van der Waals surface area contributed by atoms with E-state index in [2.05, 4.69) is 42.1 Å². The zero-order chi connectivity index (χ0) is 25.8. The third kappa shape index (κ3) is 5.05. The van der Waals surface area contributed by atoms with Gasteiger partial charge in [0.05, 0.1) is 18.3 Å². The molecule has 0 spiro atoms. The van der Waals surface area contributed by atoms with Crippen molar-refractivity contribution < 1.29 is 9.53 Å². The van der Waals surface area contributed by atoms with Crippen molar-refractivity contribution in [2.75, 3.05) is 7.11 Å². The van der Waals surface area contributed by atoms with Crippen LogP contribution in [0, 0.1) is 6.92 Å². The second kappa shape index (κ2) is 10.8. The number of carbonyl (C=O) groups is 1. The molecule has 0 bridgehead atoms. The number of benzene rings is 1. The molecule has 0 aliphatic carbocycles. The molecule has 3 heterocycles. The van der Waals surface area contributed by atoms with Crippen molar-refractivity contribution in [1.29, 1.82) is 0 Å². The first-order valence-corrected chi connectivity index (χ1v) is 12.5. The van der Waals surface area contributed by atoms with E-state index in [4.69, 9.17) is 4.74 Å². The van der Waals surface area contributed by atoms with Gasteiger partial charge in [-0.25, -0.2) is 4.98 Å². The van der Waals surface area contributed by atoms with Gasteiger partial charge in [-0.1, -0.05) is 39.3 Å². The van der Waals surface area contributed by atoms with E-state index in [0.717, 1.165) is 58.6 Å². The molecule has 4 rings (SSSR count). The maximum Gasteiger partial charge on any atom is 0.268 e. The standard InChI is InChI=1S/C29H34N4O3/c1-6-8-21-13-19(4)32-28(34)24(21)16-30-29(35)26-15-22(20-9-11-23(36-5)12-10-20)14-25-27(18(3)7-2)31-17-33(25)26/h9-15,17-18H,6-8,16H2,1-5H3,(H,30,35)(H,32,34). The van der Waals surface area contributed by atoms with E-state index in [1.165, 1.54) is 0 Å². The Labute approximate surface area is 211 Å². The number of hydrogen-bond donors (Lipinski definition) is 2. The van der Waals surface area contributed by atoms with Crippen LogP contribution in [0.25, 0.3) is 16.6 Å². The number of nitrogens with one attached hydrogen (secondary N) is 2. The van der Waals surface area contributed by atoms with Gasteiger partial charge in [0.1, 0.15) is 17.8 Å². The highest BCUT2D eigenvalue weighted by Gasteiger charge is 2.19. The molecule has 7 nitrogen and oxygen atoms in total. The third-order valence-corrected chi connectivity index (χ3v) is 6.72. The molecule has 4 aromatic rings. The van der Waals surface area contributed by atoms with Crippen LogP contribution in [-0.2, 0) is 13.0 Å². The summed E-state index contributed by atoms with van der Waals surface area (Å²) in [5, 5.41) is 2.99. The molecule has 36 heavy (non-hydrogen) atoms. The number of hydrogen-bond acceptors (Lipinski definition) is 4. The van der Waals surface area contributed by atoms with E-state index in [1.807, 2.05) is 47.7 Å². The first-order valence-electron chi connectivity index (χ1n) is 12.5. The number of fused-ring (bicyclic) bond motifs is 1. The number of carbonyl (C=O) groups excluding carboxylic acids is 1. The van der Waals surface area contributed by atoms with Crippen LogP contribution in [0.3, 0.4) is 0 Å². The summed E-state index contributed by atoms with van der Waals surface area (Å²) in [6.45, 7) is 8.38. The van der Waals surface area contributed by atoms with Crippen LogP contribution in [0.2, 0.25) is 0 Å². The number of nitrogens with zero attached hydrogens (tertiary/aromatic N) is 2. The van der Waals surface area contributed by atoms with Gasteiger partial charge >= 0.3 is 0 Å². The minimum Gasteiger partial charge on any atom is -0.497 e. The average molecular weight is 487 g/mol. The first-order chi connectivity index (χ1) is 17.4. The van der Waals surface area contributed by atoms with Gasteiger partial charge in [0, 0.05) is 23.7 Å². The van der Waals surface area contributed by atoms with Crippen molar-refractivity contribution in [2.24, 2.45) is 0 Å². The molecule has 0 radical (unpaired) electrons. The fourth-order valence-electron chi connectivity index (χ4n) is 4.54. The highest BCUT2D eigenvalue weighted by Crippen LogP contribution is 2.29. The van der Waals surface area contributed by atoms with Gasteiger partial charge < -0.3 is 15.0 Å². The Morgan fingerprint density at radius 2 is 1.89 bits per heavy atom. The summed E-state index contributed by atoms with van der Waals surface area (Å²) in [6.07, 6.45) is 4.36. The predicted molar refractivity (Wildman–Crippen MR) is 143 cm³/mol. The lowest BCUT2D eigenvalue weighted by Gasteiger charge is -2.14. The monoisotopic (exact) mass is 486 g/mol. The van der Waals surface area contributed by atoms with Gasteiger partial charge in [-0.3, -0.25) is 14.0 Å². The minimum absolute atomic E-state index is 0.155. The maximum absolute atomic E-state index is 13.5. The molecule has 0 saturated heterocycles. The van der Waals surface area contributed by atoms with E-state index < -0.39 is 0 Å². The van der Waals surface area contributed by atoms with E-state index in [0.29, 0.717) is 11.3 Å². The summed E-state index contributed by atoms with van der Waals surface area (Å²) in [6, 6.07) is 13.7. The molecule has 0 aliphatic rings. The Balaban J connectivity index is 1.75. The lowest BCUT2D eigenvalue weighted by atomic mass is 10.0. The predicted octanol–water partition coefficient (Wildman–Crippen LogP) is 5.40. The second-order valence-electron chi connectivity index (χ2n) is 9.27. The molecule has 2 N–H and O–H groups in total. The Bertz CT molecular complexity index is 1430. The van der Waals surface area contributed by atoms with Crippen LogP contribution in [0.5, 0.6) is 5.75 Å². The SMILES string of the molecule is CCCc1cc(C)[nH]c(=O)c1CNC(=O)c1cc(-c2ccc(OC)cc2)cc2c(C(C)CC)ncn12. The Kier molecular flexibility index (Phi) is 7.58. The van der Waals surface area contributed by atoms with Crippen molar-refractivity contribution in [3.63, 3.8) is 0 Å². The molecule has 1 aromatic carbocycles. The van der Waals surface area contributed by atoms with Gasteiger partial charge in [0.25, 0.3) is 11.5 Å². The number of aromatic nitrogens is 3. The number of imidazole rings is 1. The molecule has 1 unspecified atom stereocenters. The number of aryl methyl sites for hydroxylation is 2. The van der Waals surface area contributed by atoms with E-state index >= 15 is 0 Å². The number of amides is 1. The molecule has 1 amide bonds. The molecule has 0 aliphatic heterocycles. The normalized spacial score (nSPS) is 12.0. The van der Waals surface area contributed by atoms with Crippen LogP contribution >= 0.6 is 0 Å². The van der Waals surface area contributed by atoms with Crippen molar-refractivity contribution in [1.82, 2.24) is 19.7 Å². The van der Waals surface area contributed by atoms with Gasteiger partial charge in [0.15, 0.2) is 0 Å². The Hall–Kier alpha value is -3.87. The lowest BCUT2D eigenvalue weighted by Crippen LogP contribution is -2.29. The molecule has 188 valence electrons. The number of ether oxygens (including phenoxy) is 1. The lowest BCUT2D eigenvalue weighted by molar-refractivity contribution is 0.0944. The summed E-state index contributed by atoms with van der Waals surface area (Å²) < 4.78 is 7.14. The zero-order valence-corrected chi connectivity index (χ0v) is 21.6. The number of aromatic amines is 1. The first kappa shape index (κ1) is 25.2. The van der Waals surface area contributed by atoms with Crippen molar-refractivity contribution in [3.8, 4) is 16.9 Å². The van der Waals surface area contributed by atoms with Gasteiger partial charge in [-0.2, -0.15) is 0 Å². The summed E-state index contributed by atoms with van der Waals surface area (Å²) in [4.78, 5) is 33.7. The van der Waals surface area contributed by atoms with E-state index in [1.54, 1.807) is 13.4 Å². The van der Waals surface area contributed by atoms with Crippen molar-refractivity contribution in [3.05, 3.63) is 87.4 Å². The number of rotatable bonds is 9. The molecular formula is C29H34N4O3. The zero-order valence-electron chi connectivity index (χ0n) is 21.6. The van der Waals surface area contributed by atoms with Gasteiger partial charge in [-0.05, 0) is 66.8 Å². The summed E-state index contributed by atoms with van der Waals surface area (Å²) >= 11 is 0. The largest absolute Gasteiger partial charge is 0.497 e. The minimum atomic E-state index is -0.258. The quantitative estimate of drug-likeness (QED) is 0.331. The molecule has 1 atom stereocenters. The smallest absolute Gasteiger partial charge is 0.268 e. The maximum atomic E-state index is 13.5. The van der Waals surface area contributed by atoms with Crippen LogP contribution in [0.1, 0.15) is 72.5 Å². The van der Waals surface area contributed by atoms with Crippen molar-refractivity contribution >= 4 is 11.4 Å². The summed E-state index contributed by atoms with van der Waals surface area (Å²) in [5.74, 6) is 0.763. The fraction of sp³-hybridized carbons (Fsp3) is 0.345. The molecule has 0 saturated carbocycles. The fourth-order valence-corrected chi connectivity index (χ4v) is 4.54. The van der Waals surface area contributed by atoms with Crippen molar-refractivity contribution in [2.45, 2.75) is 59.4 Å². The highest BCUT2D eigenvalue weighted by molar-refractivity contribution is 5.95. The van der Waals surface area contributed by atoms with E-state index in [9.17, 15) is 9.59 Å². The topological polar surface area (TPSA) is 88.5 Å². The Morgan fingerprint density at radius 1 is 1.14 bits per heavy atom. The average Bonchev–Trinajstić information content (AvgIpc) is 3.31. The molecule has 0 fully saturated rings. The molecular weight excluding hydrogens is 452 g/mol. The third-order valence-electron chi connectivity index (χ3n) is 6.72. The number of H-pyrrole nitrogens is 1. The van der Waals surface area contributed by atoms with Crippen LogP contribution in [0.15, 0.2) is 53.6 Å². The Morgan fingerprint density at radius 3 is 2.56 bits per heavy atom. The van der Waals surface area contributed by atoms with Gasteiger partial charge in [0.2, 0.25) is 0 Å². The molecule has 3 aromatic heterocycles. The highest BCUT2D eigenvalue weighted by atomic mass is 16.5. The van der Waals surface area contributed by atoms with Crippen LogP contribution in [0.4, 0.5) is 0 Å². The summed E-state index contributed by atoms with van der Waals surface area (Å²) in [7, 11) is 1.64. The van der Waals surface area contributed by atoms with Crippen LogP contribution in [-0.4, -0.2) is 27.4 Å². The van der Waals surface area contributed by atoms with Gasteiger partial charge in [-0.15, -0.1) is 0 Å². The van der Waals surface area contributed by atoms with Crippen LogP contribution < -0.4 is 15.6 Å². The number of methoxy groups -OCH3 is 1. The molecule has 7 heteroatoms. The summed E-state index contributed by atoms with van der Waals surface area (Å²) in [5.41, 5.74) is 6.47. The number of pyridine rings is 2.